The second-order valence-electron chi connectivity index (χ2n) is 5.84. The summed E-state index contributed by atoms with van der Waals surface area (Å²) < 4.78 is 34.3. The van der Waals surface area contributed by atoms with Crippen molar-refractivity contribution in [1.82, 2.24) is 0 Å². The van der Waals surface area contributed by atoms with E-state index >= 15 is 0 Å². The quantitative estimate of drug-likeness (QED) is 0.649. The molecule has 0 aromatic heterocycles. The smallest absolute Gasteiger partial charge is 0.223 e. The molecule has 1 aliphatic rings. The molecular formula is C21H15F2NO. The minimum absolute atomic E-state index is 0.162. The summed E-state index contributed by atoms with van der Waals surface area (Å²) in [6.45, 7) is -0.746. The number of benzene rings is 3. The molecule has 0 spiro atoms. The second-order valence-corrected chi connectivity index (χ2v) is 5.84. The van der Waals surface area contributed by atoms with E-state index in [0.29, 0.717) is 16.7 Å². The largest absolute Gasteiger partial charge is 0.458 e. The van der Waals surface area contributed by atoms with Gasteiger partial charge in [0.1, 0.15) is 18.2 Å². The molecule has 4 rings (SSSR count). The van der Waals surface area contributed by atoms with Crippen LogP contribution in [0.1, 0.15) is 16.7 Å². The Morgan fingerprint density at radius 2 is 1.52 bits per heavy atom. The first-order chi connectivity index (χ1) is 12.2. The predicted molar refractivity (Wildman–Crippen MR) is 93.3 cm³/mol. The molecule has 1 unspecified atom stereocenters. The van der Waals surface area contributed by atoms with E-state index in [4.69, 9.17) is 4.74 Å². The molecule has 0 saturated heterocycles. The van der Waals surface area contributed by atoms with E-state index in [-0.39, 0.29) is 11.6 Å². The van der Waals surface area contributed by atoms with Crippen LogP contribution in [0.2, 0.25) is 0 Å². The van der Waals surface area contributed by atoms with Crippen molar-refractivity contribution in [1.29, 1.82) is 0 Å². The Balaban J connectivity index is 1.90. The van der Waals surface area contributed by atoms with Crippen LogP contribution in [0, 0.1) is 5.82 Å². The van der Waals surface area contributed by atoms with Gasteiger partial charge in [-0.25, -0.2) is 13.8 Å². The van der Waals surface area contributed by atoms with Crippen molar-refractivity contribution in [3.63, 3.8) is 0 Å². The van der Waals surface area contributed by atoms with Crippen molar-refractivity contribution in [3.8, 4) is 0 Å². The Morgan fingerprint density at radius 1 is 0.840 bits per heavy atom. The molecule has 1 aliphatic heterocycles. The summed E-state index contributed by atoms with van der Waals surface area (Å²) in [4.78, 5) is 4.32. The maximum atomic E-state index is 14.3. The number of hydrogen-bond donors (Lipinski definition) is 0. The van der Waals surface area contributed by atoms with E-state index in [1.54, 1.807) is 18.2 Å². The first-order valence-corrected chi connectivity index (χ1v) is 7.98. The van der Waals surface area contributed by atoms with Gasteiger partial charge in [0.25, 0.3) is 0 Å². The minimum atomic E-state index is -1.26. The van der Waals surface area contributed by atoms with Crippen molar-refractivity contribution in [2.75, 3.05) is 6.67 Å². The first-order valence-electron chi connectivity index (χ1n) is 7.98. The minimum Gasteiger partial charge on any atom is -0.458 e. The van der Waals surface area contributed by atoms with Gasteiger partial charge in [-0.1, -0.05) is 60.7 Å². The summed E-state index contributed by atoms with van der Waals surface area (Å²) >= 11 is 0. The van der Waals surface area contributed by atoms with Gasteiger partial charge in [0.05, 0.1) is 0 Å². The molecular weight excluding hydrogens is 320 g/mol. The number of para-hydroxylation sites is 1. The van der Waals surface area contributed by atoms with Crippen LogP contribution in [0.25, 0.3) is 0 Å². The number of hydrogen-bond acceptors (Lipinski definition) is 2. The Labute approximate surface area is 144 Å². The number of nitrogens with zero attached hydrogens (tertiary/aromatic N) is 1. The molecule has 0 N–H and O–H groups in total. The highest BCUT2D eigenvalue weighted by molar-refractivity contribution is 6.01. The Morgan fingerprint density at radius 3 is 2.28 bits per heavy atom. The van der Waals surface area contributed by atoms with Crippen molar-refractivity contribution >= 4 is 11.6 Å². The third kappa shape index (κ3) is 2.50. The van der Waals surface area contributed by atoms with Gasteiger partial charge in [-0.15, -0.1) is 0 Å². The van der Waals surface area contributed by atoms with Crippen LogP contribution in [-0.2, 0) is 10.3 Å². The highest BCUT2D eigenvalue weighted by Crippen LogP contribution is 2.43. The number of halogens is 2. The maximum Gasteiger partial charge on any atom is 0.223 e. The van der Waals surface area contributed by atoms with E-state index in [1.165, 1.54) is 6.07 Å². The summed E-state index contributed by atoms with van der Waals surface area (Å²) in [5, 5.41) is 0. The molecule has 0 aliphatic carbocycles. The van der Waals surface area contributed by atoms with Gasteiger partial charge in [0.15, 0.2) is 5.60 Å². The topological polar surface area (TPSA) is 21.6 Å². The normalized spacial score (nSPS) is 20.3. The predicted octanol–water partition coefficient (Wildman–Crippen LogP) is 5.15. The number of aliphatic imine (C=N–C) groups is 1. The molecule has 1 heterocycles. The molecule has 3 aromatic rings. The molecule has 124 valence electrons. The lowest BCUT2D eigenvalue weighted by molar-refractivity contribution is 0.0805. The van der Waals surface area contributed by atoms with E-state index in [9.17, 15) is 8.78 Å². The van der Waals surface area contributed by atoms with Gasteiger partial charge in [-0.2, -0.15) is 0 Å². The fourth-order valence-electron chi connectivity index (χ4n) is 3.13. The van der Waals surface area contributed by atoms with Crippen molar-refractivity contribution in [2.45, 2.75) is 5.60 Å². The van der Waals surface area contributed by atoms with E-state index in [0.717, 1.165) is 0 Å². The number of fused-ring (bicyclic) bond motifs is 1. The molecule has 0 bridgehead atoms. The van der Waals surface area contributed by atoms with Crippen LogP contribution >= 0.6 is 0 Å². The third-order valence-corrected chi connectivity index (χ3v) is 4.37. The first kappa shape index (κ1) is 15.5. The molecule has 3 aromatic carbocycles. The van der Waals surface area contributed by atoms with Gasteiger partial charge in [-0.3, -0.25) is 0 Å². The highest BCUT2D eigenvalue weighted by Gasteiger charge is 2.46. The van der Waals surface area contributed by atoms with Gasteiger partial charge < -0.3 is 4.74 Å². The lowest BCUT2D eigenvalue weighted by Gasteiger charge is -2.26. The summed E-state index contributed by atoms with van der Waals surface area (Å²) in [5.74, 6) is -0.226. The van der Waals surface area contributed by atoms with Crippen LogP contribution in [0.4, 0.5) is 14.5 Å². The summed E-state index contributed by atoms with van der Waals surface area (Å²) in [6.07, 6.45) is 0. The average molecular weight is 335 g/mol. The Bertz CT molecular complexity index is 939. The monoisotopic (exact) mass is 335 g/mol. The second kappa shape index (κ2) is 6.13. The molecule has 0 saturated carbocycles. The van der Waals surface area contributed by atoms with Gasteiger partial charge >= 0.3 is 0 Å². The molecule has 1 atom stereocenters. The van der Waals surface area contributed by atoms with Crippen LogP contribution in [0.5, 0.6) is 0 Å². The molecule has 25 heavy (non-hydrogen) atoms. The van der Waals surface area contributed by atoms with Crippen LogP contribution < -0.4 is 0 Å². The zero-order valence-corrected chi connectivity index (χ0v) is 13.3. The van der Waals surface area contributed by atoms with E-state index < -0.39 is 18.1 Å². The van der Waals surface area contributed by atoms with Gasteiger partial charge in [-0.05, 0) is 18.2 Å². The SMILES string of the molecule is FCC1(c2ccccc2)OC(=Nc2ccccc2F)c2ccccc21. The zero-order chi connectivity index (χ0) is 17.3. The number of rotatable bonds is 3. The van der Waals surface area contributed by atoms with Crippen LogP contribution in [-0.4, -0.2) is 12.6 Å². The van der Waals surface area contributed by atoms with Gasteiger partial charge in [0, 0.05) is 16.7 Å². The van der Waals surface area contributed by atoms with Crippen molar-refractivity contribution < 1.29 is 13.5 Å². The van der Waals surface area contributed by atoms with Crippen molar-refractivity contribution in [3.05, 3.63) is 101 Å². The number of alkyl halides is 1. The molecule has 2 nitrogen and oxygen atoms in total. The average Bonchev–Trinajstić information content (AvgIpc) is 2.99. The zero-order valence-electron chi connectivity index (χ0n) is 13.3. The van der Waals surface area contributed by atoms with E-state index in [1.807, 2.05) is 54.6 Å². The summed E-state index contributed by atoms with van der Waals surface area (Å²) in [6, 6.07) is 22.7. The van der Waals surface area contributed by atoms with Crippen LogP contribution in [0.3, 0.4) is 0 Å². The Kier molecular flexibility index (Phi) is 3.80. The summed E-state index contributed by atoms with van der Waals surface area (Å²) in [7, 11) is 0. The maximum absolute atomic E-state index is 14.3. The highest BCUT2D eigenvalue weighted by atomic mass is 19.1. The van der Waals surface area contributed by atoms with Crippen LogP contribution in [0.15, 0.2) is 83.9 Å². The fraction of sp³-hybridized carbons (Fsp3) is 0.0952. The van der Waals surface area contributed by atoms with Gasteiger partial charge in [0.2, 0.25) is 5.90 Å². The lowest BCUT2D eigenvalue weighted by Crippen LogP contribution is -2.30. The lowest BCUT2D eigenvalue weighted by atomic mass is 9.87. The van der Waals surface area contributed by atoms with Crippen molar-refractivity contribution in [2.24, 2.45) is 4.99 Å². The Hall–Kier alpha value is -3.01. The standard InChI is InChI=1S/C21H15F2NO/c22-14-21(15-8-2-1-3-9-15)17-11-5-4-10-16(17)20(25-21)24-19-13-7-6-12-18(19)23/h1-13H,14H2. The van der Waals surface area contributed by atoms with E-state index in [2.05, 4.69) is 4.99 Å². The molecule has 0 radical (unpaired) electrons. The molecule has 4 heteroatoms. The molecule has 0 fully saturated rings. The summed E-state index contributed by atoms with van der Waals surface area (Å²) in [5.41, 5.74) is 0.965. The fourth-order valence-corrected chi connectivity index (χ4v) is 3.13. The third-order valence-electron chi connectivity index (χ3n) is 4.37. The number of ether oxygens (including phenoxy) is 1. The molecule has 0 amide bonds.